The summed E-state index contributed by atoms with van der Waals surface area (Å²) in [6, 6.07) is 5.12. The number of nitrogens with one attached hydrogen (secondary N) is 1. The second kappa shape index (κ2) is 8.05. The average Bonchev–Trinajstić information content (AvgIpc) is 3.34. The van der Waals surface area contributed by atoms with Gasteiger partial charge in [-0.15, -0.1) is 21.5 Å². The van der Waals surface area contributed by atoms with Crippen molar-refractivity contribution in [2.75, 3.05) is 18.2 Å². The van der Waals surface area contributed by atoms with E-state index in [1.54, 1.807) is 35.9 Å². The molecule has 3 heterocycles. The summed E-state index contributed by atoms with van der Waals surface area (Å²) < 4.78 is 7.07. The number of ether oxygens (including phenoxy) is 1. The predicted molar refractivity (Wildman–Crippen MR) is 120 cm³/mol. The molecular weight excluding hydrogens is 442 g/mol. The highest BCUT2D eigenvalue weighted by Gasteiger charge is 2.21. The zero-order valence-corrected chi connectivity index (χ0v) is 18.5. The minimum atomic E-state index is -0.150. The van der Waals surface area contributed by atoms with Crippen LogP contribution < -0.4 is 10.1 Å². The summed E-state index contributed by atoms with van der Waals surface area (Å²) in [6.07, 6.45) is 6.38. The Hall–Kier alpha value is -2.36. The molecule has 30 heavy (non-hydrogen) atoms. The van der Waals surface area contributed by atoms with E-state index in [4.69, 9.17) is 16.3 Å². The Morgan fingerprint density at radius 3 is 3.07 bits per heavy atom. The van der Waals surface area contributed by atoms with Crippen molar-refractivity contribution in [3.8, 4) is 5.75 Å². The maximum absolute atomic E-state index is 12.4. The number of methoxy groups -OCH3 is 1. The number of benzene rings is 1. The molecular formula is C20H18ClN5O2S2. The lowest BCUT2D eigenvalue weighted by atomic mass is 9.97. The molecule has 3 aromatic heterocycles. The molecule has 0 bridgehead atoms. The lowest BCUT2D eigenvalue weighted by Gasteiger charge is -2.10. The van der Waals surface area contributed by atoms with Crippen LogP contribution in [-0.4, -0.2) is 38.4 Å². The van der Waals surface area contributed by atoms with Crippen LogP contribution in [0.5, 0.6) is 5.75 Å². The van der Waals surface area contributed by atoms with Crippen LogP contribution in [0.1, 0.15) is 23.3 Å². The number of thiophene rings is 1. The third-order valence-electron chi connectivity index (χ3n) is 5.10. The average molecular weight is 460 g/mol. The van der Waals surface area contributed by atoms with Crippen LogP contribution in [0.4, 0.5) is 5.69 Å². The van der Waals surface area contributed by atoms with Gasteiger partial charge < -0.3 is 10.1 Å². The number of hydrogen-bond donors (Lipinski definition) is 1. The van der Waals surface area contributed by atoms with Crippen LogP contribution in [0.25, 0.3) is 15.9 Å². The summed E-state index contributed by atoms with van der Waals surface area (Å²) in [4.78, 5) is 19.5. The molecule has 7 nitrogen and oxygen atoms in total. The number of hydrogen-bond acceptors (Lipinski definition) is 7. The molecule has 0 atom stereocenters. The molecule has 0 saturated carbocycles. The Kier molecular flexibility index (Phi) is 5.26. The molecule has 1 N–H and O–H groups in total. The van der Waals surface area contributed by atoms with Crippen LogP contribution in [0, 0.1) is 0 Å². The quantitative estimate of drug-likeness (QED) is 0.439. The summed E-state index contributed by atoms with van der Waals surface area (Å²) in [7, 11) is 1.54. The largest absolute Gasteiger partial charge is 0.495 e. The molecule has 1 aromatic carbocycles. The fourth-order valence-electron chi connectivity index (χ4n) is 3.70. The molecule has 4 aromatic rings. The maximum Gasteiger partial charge on any atom is 0.234 e. The maximum atomic E-state index is 12.4. The Balaban J connectivity index is 1.35. The fourth-order valence-corrected chi connectivity index (χ4v) is 5.82. The van der Waals surface area contributed by atoms with Crippen LogP contribution in [0.3, 0.4) is 0 Å². The third-order valence-corrected chi connectivity index (χ3v) is 7.55. The summed E-state index contributed by atoms with van der Waals surface area (Å²) in [5.41, 5.74) is 2.82. The first-order valence-corrected chi connectivity index (χ1v) is 11.7. The zero-order valence-electron chi connectivity index (χ0n) is 16.1. The van der Waals surface area contributed by atoms with Gasteiger partial charge in [-0.05, 0) is 43.4 Å². The van der Waals surface area contributed by atoms with Crippen LogP contribution in [-0.2, 0) is 17.6 Å². The molecule has 1 amide bonds. The number of thioether (sulfide) groups is 1. The smallest absolute Gasteiger partial charge is 0.234 e. The second-order valence-electron chi connectivity index (χ2n) is 7.00. The van der Waals surface area contributed by atoms with Crippen molar-refractivity contribution in [1.29, 1.82) is 0 Å². The Morgan fingerprint density at radius 1 is 1.33 bits per heavy atom. The van der Waals surface area contributed by atoms with Crippen molar-refractivity contribution < 1.29 is 9.53 Å². The number of fused-ring (bicyclic) bond motifs is 5. The first kappa shape index (κ1) is 19.6. The van der Waals surface area contributed by atoms with Gasteiger partial charge in [0.2, 0.25) is 5.91 Å². The molecule has 0 unspecified atom stereocenters. The van der Waals surface area contributed by atoms with E-state index in [9.17, 15) is 4.79 Å². The van der Waals surface area contributed by atoms with Gasteiger partial charge in [-0.2, -0.15) is 0 Å². The molecule has 5 rings (SSSR count). The van der Waals surface area contributed by atoms with Gasteiger partial charge in [0.1, 0.15) is 16.9 Å². The number of rotatable bonds is 5. The topological polar surface area (TPSA) is 81.4 Å². The highest BCUT2D eigenvalue weighted by molar-refractivity contribution is 7.99. The molecule has 154 valence electrons. The van der Waals surface area contributed by atoms with E-state index >= 15 is 0 Å². The number of amides is 1. The van der Waals surface area contributed by atoms with Gasteiger partial charge >= 0.3 is 0 Å². The summed E-state index contributed by atoms with van der Waals surface area (Å²) in [6.45, 7) is 0. The van der Waals surface area contributed by atoms with Crippen LogP contribution >= 0.6 is 34.7 Å². The molecule has 1 aliphatic rings. The van der Waals surface area contributed by atoms with Crippen molar-refractivity contribution >= 4 is 62.2 Å². The Bertz CT molecular complexity index is 1270. The van der Waals surface area contributed by atoms with Gasteiger partial charge in [-0.1, -0.05) is 23.4 Å². The normalized spacial score (nSPS) is 13.5. The number of anilines is 1. The monoisotopic (exact) mass is 459 g/mol. The van der Waals surface area contributed by atoms with Gasteiger partial charge in [0.05, 0.1) is 23.3 Å². The van der Waals surface area contributed by atoms with Crippen LogP contribution in [0.2, 0.25) is 5.02 Å². The first-order chi connectivity index (χ1) is 14.6. The van der Waals surface area contributed by atoms with Gasteiger partial charge in [0.25, 0.3) is 0 Å². The SMILES string of the molecule is COc1cc(NC(=O)CSc2nnc3c4c5c(sc4ncn23)CCCC5)ccc1Cl. The van der Waals surface area contributed by atoms with E-state index in [-0.39, 0.29) is 11.7 Å². The van der Waals surface area contributed by atoms with Gasteiger partial charge in [0.15, 0.2) is 10.8 Å². The van der Waals surface area contributed by atoms with Crippen molar-refractivity contribution in [2.24, 2.45) is 0 Å². The third kappa shape index (κ3) is 3.51. The van der Waals surface area contributed by atoms with E-state index < -0.39 is 0 Å². The zero-order chi connectivity index (χ0) is 20.7. The number of aryl methyl sites for hydroxylation is 2. The molecule has 0 saturated heterocycles. The van der Waals surface area contributed by atoms with Gasteiger partial charge in [-0.25, -0.2) is 4.98 Å². The van der Waals surface area contributed by atoms with Crippen molar-refractivity contribution in [3.05, 3.63) is 40.0 Å². The van der Waals surface area contributed by atoms with E-state index in [2.05, 4.69) is 20.5 Å². The molecule has 0 radical (unpaired) electrons. The highest BCUT2D eigenvalue weighted by Crippen LogP contribution is 2.37. The number of aromatic nitrogens is 4. The van der Waals surface area contributed by atoms with E-state index in [1.165, 1.54) is 42.2 Å². The number of carbonyl (C=O) groups excluding carboxylic acids is 1. The fraction of sp³-hybridized carbons (Fsp3) is 0.300. The second-order valence-corrected chi connectivity index (χ2v) is 9.43. The summed E-state index contributed by atoms with van der Waals surface area (Å²) in [5.74, 6) is 0.564. The van der Waals surface area contributed by atoms with Crippen LogP contribution in [0.15, 0.2) is 29.7 Å². The van der Waals surface area contributed by atoms with Crippen molar-refractivity contribution in [2.45, 2.75) is 30.8 Å². The summed E-state index contributed by atoms with van der Waals surface area (Å²) in [5, 5.41) is 13.8. The van der Waals surface area contributed by atoms with E-state index in [1.807, 2.05) is 4.40 Å². The van der Waals surface area contributed by atoms with Crippen molar-refractivity contribution in [3.63, 3.8) is 0 Å². The lowest BCUT2D eigenvalue weighted by molar-refractivity contribution is -0.113. The van der Waals surface area contributed by atoms with Gasteiger partial charge in [0, 0.05) is 16.6 Å². The Labute approximate surface area is 185 Å². The molecule has 0 aliphatic heterocycles. The lowest BCUT2D eigenvalue weighted by Crippen LogP contribution is -2.14. The number of carbonyl (C=O) groups is 1. The molecule has 1 aliphatic carbocycles. The van der Waals surface area contributed by atoms with E-state index in [0.29, 0.717) is 21.6 Å². The number of nitrogens with zero attached hydrogens (tertiary/aromatic N) is 4. The molecule has 0 spiro atoms. The minimum absolute atomic E-state index is 0.150. The molecule has 10 heteroatoms. The predicted octanol–water partition coefficient (Wildman–Crippen LogP) is 4.61. The standard InChI is InChI=1S/C20H18ClN5O2S2/c1-28-14-8-11(6-7-13(14)21)23-16(27)9-29-20-25-24-18-17-12-4-2-3-5-15(12)30-19(17)22-10-26(18)20/h6-8,10H,2-5,9H2,1H3,(H,23,27). The highest BCUT2D eigenvalue weighted by atomic mass is 35.5. The first-order valence-electron chi connectivity index (χ1n) is 9.54. The summed E-state index contributed by atoms with van der Waals surface area (Å²) >= 11 is 9.12. The Morgan fingerprint density at radius 2 is 2.20 bits per heavy atom. The van der Waals surface area contributed by atoms with Gasteiger partial charge in [-0.3, -0.25) is 9.20 Å². The van der Waals surface area contributed by atoms with Crippen molar-refractivity contribution in [1.82, 2.24) is 19.6 Å². The minimum Gasteiger partial charge on any atom is -0.495 e. The number of halogens is 1. The molecule has 0 fully saturated rings. The van der Waals surface area contributed by atoms with E-state index in [0.717, 1.165) is 28.7 Å².